The van der Waals surface area contributed by atoms with Gasteiger partial charge in [0.05, 0.1) is 18.5 Å². The minimum absolute atomic E-state index is 0.422. The molecule has 2 rings (SSSR count). The standard InChI is InChI=1S/C13H16N2O4S/c1-8(12(16)15-13(14)17)20-9-3-4-10-11(7-9)19-6-2-5-18-10/h3-4,7-8H,2,5-6H2,1H3,(H3,14,15,16,17). The number of carbonyl (C=O) groups excluding carboxylic acids is 2. The zero-order valence-electron chi connectivity index (χ0n) is 11.0. The number of hydrogen-bond acceptors (Lipinski definition) is 5. The van der Waals surface area contributed by atoms with Crippen LogP contribution in [-0.2, 0) is 4.79 Å². The van der Waals surface area contributed by atoms with Crippen molar-refractivity contribution in [2.45, 2.75) is 23.5 Å². The molecular weight excluding hydrogens is 280 g/mol. The largest absolute Gasteiger partial charge is 0.490 e. The predicted octanol–water partition coefficient (Wildman–Crippen LogP) is 1.52. The van der Waals surface area contributed by atoms with E-state index < -0.39 is 17.2 Å². The highest BCUT2D eigenvalue weighted by atomic mass is 32.2. The van der Waals surface area contributed by atoms with Crippen molar-refractivity contribution in [1.29, 1.82) is 0 Å². The smallest absolute Gasteiger partial charge is 0.318 e. The summed E-state index contributed by atoms with van der Waals surface area (Å²) in [6.45, 7) is 2.95. The highest BCUT2D eigenvalue weighted by Gasteiger charge is 2.17. The number of imide groups is 1. The predicted molar refractivity (Wildman–Crippen MR) is 75.1 cm³/mol. The summed E-state index contributed by atoms with van der Waals surface area (Å²) in [4.78, 5) is 23.1. The Morgan fingerprint density at radius 2 is 2.00 bits per heavy atom. The van der Waals surface area contributed by atoms with Gasteiger partial charge in [-0.05, 0) is 25.1 Å². The van der Waals surface area contributed by atoms with Gasteiger partial charge in [0.25, 0.3) is 0 Å². The number of carbonyl (C=O) groups is 2. The quantitative estimate of drug-likeness (QED) is 0.825. The molecule has 0 spiro atoms. The van der Waals surface area contributed by atoms with E-state index in [2.05, 4.69) is 5.32 Å². The summed E-state index contributed by atoms with van der Waals surface area (Å²) in [5.41, 5.74) is 4.92. The van der Waals surface area contributed by atoms with Crippen LogP contribution in [0.15, 0.2) is 23.1 Å². The van der Waals surface area contributed by atoms with Crippen molar-refractivity contribution < 1.29 is 19.1 Å². The highest BCUT2D eigenvalue weighted by molar-refractivity contribution is 8.00. The Morgan fingerprint density at radius 3 is 2.70 bits per heavy atom. The highest BCUT2D eigenvalue weighted by Crippen LogP contribution is 2.35. The number of rotatable bonds is 3. The molecule has 20 heavy (non-hydrogen) atoms. The van der Waals surface area contributed by atoms with Gasteiger partial charge < -0.3 is 15.2 Å². The van der Waals surface area contributed by atoms with Crippen LogP contribution in [0.5, 0.6) is 11.5 Å². The van der Waals surface area contributed by atoms with Crippen molar-refractivity contribution in [3.05, 3.63) is 18.2 Å². The van der Waals surface area contributed by atoms with E-state index in [1.54, 1.807) is 6.92 Å². The van der Waals surface area contributed by atoms with Gasteiger partial charge >= 0.3 is 6.03 Å². The van der Waals surface area contributed by atoms with Gasteiger partial charge in [0.2, 0.25) is 5.91 Å². The van der Waals surface area contributed by atoms with Gasteiger partial charge in [-0.15, -0.1) is 11.8 Å². The molecule has 0 bridgehead atoms. The summed E-state index contributed by atoms with van der Waals surface area (Å²) >= 11 is 1.32. The number of primary amides is 1. The lowest BCUT2D eigenvalue weighted by Crippen LogP contribution is -2.39. The first-order valence-electron chi connectivity index (χ1n) is 6.23. The lowest BCUT2D eigenvalue weighted by atomic mass is 10.3. The zero-order chi connectivity index (χ0) is 14.5. The van der Waals surface area contributed by atoms with E-state index >= 15 is 0 Å². The number of benzene rings is 1. The molecule has 108 valence electrons. The SMILES string of the molecule is CC(Sc1ccc2c(c1)OCCCO2)C(=O)NC(N)=O. The van der Waals surface area contributed by atoms with Gasteiger partial charge in [-0.3, -0.25) is 10.1 Å². The summed E-state index contributed by atoms with van der Waals surface area (Å²) in [5, 5.41) is 1.62. The normalized spacial score (nSPS) is 15.1. The fourth-order valence-electron chi connectivity index (χ4n) is 1.70. The second-order valence-electron chi connectivity index (χ2n) is 4.27. The Bertz CT molecular complexity index is 521. The minimum atomic E-state index is -0.846. The van der Waals surface area contributed by atoms with Crippen molar-refractivity contribution in [2.24, 2.45) is 5.73 Å². The lowest BCUT2D eigenvalue weighted by molar-refractivity contribution is -0.119. The van der Waals surface area contributed by atoms with Crippen molar-refractivity contribution in [3.63, 3.8) is 0 Å². The summed E-state index contributed by atoms with van der Waals surface area (Å²) in [7, 11) is 0. The fourth-order valence-corrected chi connectivity index (χ4v) is 2.59. The van der Waals surface area contributed by atoms with Crippen molar-refractivity contribution >= 4 is 23.7 Å². The molecule has 3 N–H and O–H groups in total. The molecule has 6 nitrogen and oxygen atoms in total. The van der Waals surface area contributed by atoms with Crippen molar-refractivity contribution in [2.75, 3.05) is 13.2 Å². The molecule has 3 amide bonds. The second-order valence-corrected chi connectivity index (χ2v) is 5.69. The molecule has 0 fully saturated rings. The van der Waals surface area contributed by atoms with Gasteiger partial charge in [-0.1, -0.05) is 0 Å². The molecule has 1 unspecified atom stereocenters. The van der Waals surface area contributed by atoms with Crippen LogP contribution < -0.4 is 20.5 Å². The monoisotopic (exact) mass is 296 g/mol. The maximum atomic E-state index is 11.6. The van der Waals surface area contributed by atoms with Gasteiger partial charge in [-0.25, -0.2) is 4.79 Å². The first-order valence-corrected chi connectivity index (χ1v) is 7.11. The average Bonchev–Trinajstić information content (AvgIpc) is 2.62. The average molecular weight is 296 g/mol. The summed E-state index contributed by atoms with van der Waals surface area (Å²) in [6.07, 6.45) is 0.842. The van der Waals surface area contributed by atoms with E-state index in [0.29, 0.717) is 24.7 Å². The van der Waals surface area contributed by atoms with Crippen LogP contribution in [0.1, 0.15) is 13.3 Å². The fraction of sp³-hybridized carbons (Fsp3) is 0.385. The Balaban J connectivity index is 2.04. The van der Waals surface area contributed by atoms with Crippen molar-refractivity contribution in [3.8, 4) is 11.5 Å². The topological polar surface area (TPSA) is 90.7 Å². The molecule has 7 heteroatoms. The zero-order valence-corrected chi connectivity index (χ0v) is 11.9. The minimum Gasteiger partial charge on any atom is -0.490 e. The number of hydrogen-bond donors (Lipinski definition) is 2. The van der Waals surface area contributed by atoms with E-state index in [1.165, 1.54) is 11.8 Å². The number of thioether (sulfide) groups is 1. The van der Waals surface area contributed by atoms with Gasteiger partial charge in [0.15, 0.2) is 11.5 Å². The maximum absolute atomic E-state index is 11.6. The van der Waals surface area contributed by atoms with E-state index in [9.17, 15) is 9.59 Å². The van der Waals surface area contributed by atoms with Crippen LogP contribution in [0.4, 0.5) is 4.79 Å². The number of fused-ring (bicyclic) bond motifs is 1. The van der Waals surface area contributed by atoms with E-state index in [1.807, 2.05) is 18.2 Å². The first-order chi connectivity index (χ1) is 9.56. The third-order valence-electron chi connectivity index (χ3n) is 2.65. The van der Waals surface area contributed by atoms with Crippen LogP contribution in [0.25, 0.3) is 0 Å². The second kappa shape index (κ2) is 6.51. The molecule has 0 aromatic heterocycles. The molecule has 1 heterocycles. The number of ether oxygens (including phenoxy) is 2. The van der Waals surface area contributed by atoms with Crippen LogP contribution in [0.2, 0.25) is 0 Å². The van der Waals surface area contributed by atoms with E-state index in [0.717, 1.165) is 11.3 Å². The third-order valence-corrected chi connectivity index (χ3v) is 3.74. The Morgan fingerprint density at radius 1 is 1.30 bits per heavy atom. The Hall–Kier alpha value is -1.89. The van der Waals surface area contributed by atoms with Crippen LogP contribution in [-0.4, -0.2) is 30.4 Å². The number of urea groups is 1. The number of amides is 3. The molecule has 0 saturated carbocycles. The molecule has 1 aromatic carbocycles. The van der Waals surface area contributed by atoms with Gasteiger partial charge in [-0.2, -0.15) is 0 Å². The first kappa shape index (κ1) is 14.5. The molecule has 1 aromatic rings. The van der Waals surface area contributed by atoms with Crippen molar-refractivity contribution in [1.82, 2.24) is 5.32 Å². The molecule has 1 atom stereocenters. The maximum Gasteiger partial charge on any atom is 0.318 e. The molecule has 0 radical (unpaired) electrons. The van der Waals surface area contributed by atoms with Gasteiger partial charge in [0, 0.05) is 11.3 Å². The molecule has 1 aliphatic heterocycles. The molecule has 0 saturated heterocycles. The molecule has 0 aliphatic carbocycles. The number of nitrogens with one attached hydrogen (secondary N) is 1. The third kappa shape index (κ3) is 3.80. The van der Waals surface area contributed by atoms with E-state index in [-0.39, 0.29) is 0 Å². The number of nitrogens with two attached hydrogens (primary N) is 1. The summed E-state index contributed by atoms with van der Waals surface area (Å²) in [6, 6.07) is 4.66. The summed E-state index contributed by atoms with van der Waals surface area (Å²) in [5.74, 6) is 0.964. The van der Waals surface area contributed by atoms with Gasteiger partial charge in [0.1, 0.15) is 0 Å². The molecule has 1 aliphatic rings. The Labute approximate surface area is 121 Å². The molecular formula is C13H16N2O4S. The Kier molecular flexibility index (Phi) is 4.73. The van der Waals surface area contributed by atoms with Crippen LogP contribution in [0.3, 0.4) is 0 Å². The lowest BCUT2D eigenvalue weighted by Gasteiger charge is -2.12. The van der Waals surface area contributed by atoms with Crippen LogP contribution >= 0.6 is 11.8 Å². The van der Waals surface area contributed by atoms with E-state index in [4.69, 9.17) is 15.2 Å². The summed E-state index contributed by atoms with van der Waals surface area (Å²) < 4.78 is 11.1. The van der Waals surface area contributed by atoms with Crippen LogP contribution in [0, 0.1) is 0 Å².